The number of nitrogens with two attached hydrogens (primary N) is 1. The van der Waals surface area contributed by atoms with Crippen LogP contribution in [0.3, 0.4) is 0 Å². The Balaban J connectivity index is 2.31. The largest absolute Gasteiger partial charge is 0.388 e. The first-order valence-electron chi connectivity index (χ1n) is 5.22. The maximum Gasteiger partial charge on any atom is 0.0867 e. The van der Waals surface area contributed by atoms with Crippen molar-refractivity contribution in [1.82, 2.24) is 4.90 Å². The van der Waals surface area contributed by atoms with E-state index in [0.29, 0.717) is 6.54 Å². The molecule has 1 rings (SSSR count). The van der Waals surface area contributed by atoms with Gasteiger partial charge in [0.15, 0.2) is 0 Å². The van der Waals surface area contributed by atoms with Crippen LogP contribution in [0.4, 0.5) is 0 Å². The Labute approximate surface area is 80.9 Å². The Hall–Kier alpha value is -0.120. The quantitative estimate of drug-likeness (QED) is 0.669. The monoisotopic (exact) mass is 186 g/mol. The third-order valence-electron chi connectivity index (χ3n) is 2.95. The van der Waals surface area contributed by atoms with Gasteiger partial charge in [0.1, 0.15) is 0 Å². The molecule has 1 heterocycles. The number of hydrogen-bond donors (Lipinski definition) is 2. The zero-order valence-electron chi connectivity index (χ0n) is 8.79. The molecule has 0 amide bonds. The molecule has 1 aliphatic rings. The van der Waals surface area contributed by atoms with Crippen molar-refractivity contribution >= 4 is 0 Å². The summed E-state index contributed by atoms with van der Waals surface area (Å²) in [6.45, 7) is 7.36. The van der Waals surface area contributed by atoms with E-state index in [2.05, 4.69) is 11.8 Å². The lowest BCUT2D eigenvalue weighted by molar-refractivity contribution is 0.0334. The van der Waals surface area contributed by atoms with Crippen LogP contribution in [-0.4, -0.2) is 41.8 Å². The van der Waals surface area contributed by atoms with Crippen molar-refractivity contribution in [1.29, 1.82) is 0 Å². The average molecular weight is 186 g/mol. The number of aliphatic hydroxyl groups is 1. The van der Waals surface area contributed by atoms with Gasteiger partial charge in [-0.05, 0) is 25.8 Å². The molecular formula is C10H22N2O. The van der Waals surface area contributed by atoms with Gasteiger partial charge in [-0.15, -0.1) is 0 Å². The third-order valence-corrected chi connectivity index (χ3v) is 2.95. The summed E-state index contributed by atoms with van der Waals surface area (Å²) in [4.78, 5) is 2.32. The van der Waals surface area contributed by atoms with Gasteiger partial charge in [0, 0.05) is 19.6 Å². The average Bonchev–Trinajstić information content (AvgIpc) is 2.52. The van der Waals surface area contributed by atoms with Gasteiger partial charge in [0.25, 0.3) is 0 Å². The Morgan fingerprint density at radius 2 is 2.31 bits per heavy atom. The fourth-order valence-corrected chi connectivity index (χ4v) is 1.94. The first-order valence-corrected chi connectivity index (χ1v) is 5.22. The molecule has 2 atom stereocenters. The van der Waals surface area contributed by atoms with Crippen molar-refractivity contribution in [2.75, 3.05) is 26.2 Å². The standard InChI is InChI=1S/C10H22N2O/c1-3-9-4-5-12(6-9)8-10(2,13)7-11/h9,13H,3-8,11H2,1-2H3. The second-order valence-electron chi connectivity index (χ2n) is 4.50. The van der Waals surface area contributed by atoms with Gasteiger partial charge in [-0.3, -0.25) is 0 Å². The highest BCUT2D eigenvalue weighted by Gasteiger charge is 2.27. The molecule has 3 nitrogen and oxygen atoms in total. The summed E-state index contributed by atoms with van der Waals surface area (Å²) in [6, 6.07) is 0. The van der Waals surface area contributed by atoms with Crippen LogP contribution in [0.25, 0.3) is 0 Å². The van der Waals surface area contributed by atoms with Crippen molar-refractivity contribution in [3.05, 3.63) is 0 Å². The van der Waals surface area contributed by atoms with Crippen molar-refractivity contribution in [2.45, 2.75) is 32.3 Å². The first kappa shape index (κ1) is 11.0. The lowest BCUT2D eigenvalue weighted by atomic mass is 10.1. The molecule has 0 bridgehead atoms. The van der Waals surface area contributed by atoms with E-state index in [0.717, 1.165) is 25.6 Å². The van der Waals surface area contributed by atoms with Crippen LogP contribution in [0, 0.1) is 5.92 Å². The van der Waals surface area contributed by atoms with Crippen LogP contribution in [0.5, 0.6) is 0 Å². The summed E-state index contributed by atoms with van der Waals surface area (Å²) in [5.41, 5.74) is 4.77. The lowest BCUT2D eigenvalue weighted by Gasteiger charge is -2.27. The highest BCUT2D eigenvalue weighted by molar-refractivity contribution is 4.83. The predicted molar refractivity (Wildman–Crippen MR) is 54.5 cm³/mol. The van der Waals surface area contributed by atoms with E-state index in [1.807, 2.05) is 6.92 Å². The molecule has 0 spiro atoms. The second kappa shape index (κ2) is 4.40. The van der Waals surface area contributed by atoms with Crippen LogP contribution in [0.2, 0.25) is 0 Å². The third kappa shape index (κ3) is 3.25. The van der Waals surface area contributed by atoms with Crippen molar-refractivity contribution in [3.8, 4) is 0 Å². The van der Waals surface area contributed by atoms with Gasteiger partial charge >= 0.3 is 0 Å². The molecular weight excluding hydrogens is 164 g/mol. The molecule has 0 aromatic carbocycles. The number of hydrogen-bond acceptors (Lipinski definition) is 3. The molecule has 0 aromatic heterocycles. The van der Waals surface area contributed by atoms with Gasteiger partial charge in [0.05, 0.1) is 5.60 Å². The summed E-state index contributed by atoms with van der Waals surface area (Å²) in [5.74, 6) is 0.827. The van der Waals surface area contributed by atoms with Crippen molar-refractivity contribution in [3.63, 3.8) is 0 Å². The second-order valence-corrected chi connectivity index (χ2v) is 4.50. The summed E-state index contributed by atoms with van der Waals surface area (Å²) in [6.07, 6.45) is 2.53. The fraction of sp³-hybridized carbons (Fsp3) is 1.00. The van der Waals surface area contributed by atoms with Crippen LogP contribution < -0.4 is 5.73 Å². The molecule has 1 saturated heterocycles. The zero-order chi connectivity index (χ0) is 9.90. The van der Waals surface area contributed by atoms with E-state index in [4.69, 9.17) is 5.73 Å². The normalized spacial score (nSPS) is 29.1. The van der Waals surface area contributed by atoms with Crippen molar-refractivity contribution < 1.29 is 5.11 Å². The highest BCUT2D eigenvalue weighted by atomic mass is 16.3. The molecule has 0 radical (unpaired) electrons. The summed E-state index contributed by atoms with van der Waals surface area (Å²) in [7, 11) is 0. The molecule has 13 heavy (non-hydrogen) atoms. The molecule has 1 fully saturated rings. The maximum atomic E-state index is 9.78. The summed E-state index contributed by atoms with van der Waals surface area (Å²) < 4.78 is 0. The van der Waals surface area contributed by atoms with Crippen LogP contribution >= 0.6 is 0 Å². The SMILES string of the molecule is CCC1CCN(CC(C)(O)CN)C1. The van der Waals surface area contributed by atoms with E-state index >= 15 is 0 Å². The van der Waals surface area contributed by atoms with Crippen molar-refractivity contribution in [2.24, 2.45) is 11.7 Å². The van der Waals surface area contributed by atoms with E-state index in [1.54, 1.807) is 0 Å². The summed E-state index contributed by atoms with van der Waals surface area (Å²) >= 11 is 0. The van der Waals surface area contributed by atoms with Gasteiger partial charge in [-0.2, -0.15) is 0 Å². The van der Waals surface area contributed by atoms with E-state index in [1.165, 1.54) is 12.8 Å². The lowest BCUT2D eigenvalue weighted by Crippen LogP contribution is -2.45. The molecule has 2 unspecified atom stereocenters. The van der Waals surface area contributed by atoms with Crippen LogP contribution in [0.1, 0.15) is 26.7 Å². The van der Waals surface area contributed by atoms with Gasteiger partial charge in [0.2, 0.25) is 0 Å². The fourth-order valence-electron chi connectivity index (χ4n) is 1.94. The Bertz CT molecular complexity index is 159. The summed E-state index contributed by atoms with van der Waals surface area (Å²) in [5, 5.41) is 9.78. The molecule has 0 aliphatic carbocycles. The number of likely N-dealkylation sites (tertiary alicyclic amines) is 1. The molecule has 3 heteroatoms. The van der Waals surface area contributed by atoms with E-state index < -0.39 is 5.60 Å². The number of rotatable bonds is 4. The topological polar surface area (TPSA) is 49.5 Å². The Morgan fingerprint density at radius 1 is 1.62 bits per heavy atom. The van der Waals surface area contributed by atoms with E-state index in [-0.39, 0.29) is 0 Å². The Kier molecular flexibility index (Phi) is 3.71. The van der Waals surface area contributed by atoms with Gasteiger partial charge < -0.3 is 15.7 Å². The molecule has 0 saturated carbocycles. The minimum atomic E-state index is -0.706. The molecule has 3 N–H and O–H groups in total. The number of β-amino-alcohol motifs (C(OH)–C–C–N with tert-alkyl or cyclic N) is 1. The minimum Gasteiger partial charge on any atom is -0.388 e. The minimum absolute atomic E-state index is 0.348. The van der Waals surface area contributed by atoms with Crippen LogP contribution in [-0.2, 0) is 0 Å². The van der Waals surface area contributed by atoms with Gasteiger partial charge in [-0.1, -0.05) is 13.3 Å². The smallest absolute Gasteiger partial charge is 0.0867 e. The highest BCUT2D eigenvalue weighted by Crippen LogP contribution is 2.20. The first-order chi connectivity index (χ1) is 6.07. The molecule has 1 aliphatic heterocycles. The molecule has 78 valence electrons. The Morgan fingerprint density at radius 3 is 2.77 bits per heavy atom. The molecule has 0 aromatic rings. The zero-order valence-corrected chi connectivity index (χ0v) is 8.79. The maximum absolute atomic E-state index is 9.78. The number of nitrogens with zero attached hydrogens (tertiary/aromatic N) is 1. The van der Waals surface area contributed by atoms with Gasteiger partial charge in [-0.25, -0.2) is 0 Å². The van der Waals surface area contributed by atoms with Crippen LogP contribution in [0.15, 0.2) is 0 Å². The van der Waals surface area contributed by atoms with E-state index in [9.17, 15) is 5.11 Å². The predicted octanol–water partition coefficient (Wildman–Crippen LogP) is 0.428.